The molecule has 2 aromatic carbocycles. The lowest BCUT2D eigenvalue weighted by atomic mass is 10.0. The van der Waals surface area contributed by atoms with Crippen molar-refractivity contribution in [1.82, 2.24) is 14.6 Å². The molecule has 5 nitrogen and oxygen atoms in total. The van der Waals surface area contributed by atoms with Gasteiger partial charge in [0.25, 0.3) is 0 Å². The molecular formula is C21H16ClN3O2. The molecule has 0 radical (unpaired) electrons. The largest absolute Gasteiger partial charge is 0.507 e. The zero-order chi connectivity index (χ0) is 19.1. The molecule has 2 heterocycles. The number of halogens is 1. The molecule has 0 bridgehead atoms. The van der Waals surface area contributed by atoms with Gasteiger partial charge in [-0.05, 0) is 31.5 Å². The maximum absolute atomic E-state index is 12.8. The van der Waals surface area contributed by atoms with Crippen LogP contribution < -0.4 is 0 Å². The van der Waals surface area contributed by atoms with E-state index in [4.69, 9.17) is 11.6 Å². The topological polar surface area (TPSA) is 67.5 Å². The second kappa shape index (κ2) is 6.52. The molecule has 0 aliphatic carbocycles. The Balaban J connectivity index is 1.74. The van der Waals surface area contributed by atoms with Crippen LogP contribution >= 0.6 is 11.6 Å². The second-order valence-electron chi connectivity index (χ2n) is 6.49. The highest BCUT2D eigenvalue weighted by atomic mass is 35.5. The van der Waals surface area contributed by atoms with E-state index in [0.29, 0.717) is 21.8 Å². The van der Waals surface area contributed by atoms with Crippen LogP contribution in [0.1, 0.15) is 27.0 Å². The number of aryl methyl sites for hydroxylation is 2. The van der Waals surface area contributed by atoms with Gasteiger partial charge in [-0.1, -0.05) is 41.4 Å². The first kappa shape index (κ1) is 17.2. The zero-order valence-electron chi connectivity index (χ0n) is 14.8. The number of ketones is 1. The fourth-order valence-corrected chi connectivity index (χ4v) is 3.03. The third kappa shape index (κ3) is 3.17. The number of hydrogen-bond donors (Lipinski definition) is 1. The number of carbonyl (C=O) groups excluding carboxylic acids is 1. The molecule has 0 saturated heterocycles. The van der Waals surface area contributed by atoms with Crippen molar-refractivity contribution in [3.63, 3.8) is 0 Å². The third-order valence-corrected chi connectivity index (χ3v) is 4.85. The smallest absolute Gasteiger partial charge is 0.199 e. The predicted molar refractivity (Wildman–Crippen MR) is 104 cm³/mol. The fraction of sp³-hybridized carbons (Fsp3) is 0.0952. The molecule has 0 amide bonds. The molecular weight excluding hydrogens is 362 g/mol. The van der Waals surface area contributed by atoms with Crippen molar-refractivity contribution < 1.29 is 9.90 Å². The second-order valence-corrected chi connectivity index (χ2v) is 6.90. The van der Waals surface area contributed by atoms with Crippen molar-refractivity contribution >= 4 is 23.0 Å². The Hall–Kier alpha value is -3.18. The molecule has 134 valence electrons. The van der Waals surface area contributed by atoms with Gasteiger partial charge in [-0.15, -0.1) is 0 Å². The van der Waals surface area contributed by atoms with E-state index in [1.165, 1.54) is 23.9 Å². The minimum Gasteiger partial charge on any atom is -0.507 e. The number of aromatic hydroxyl groups is 1. The monoisotopic (exact) mass is 377 g/mol. The Morgan fingerprint density at radius 2 is 1.85 bits per heavy atom. The van der Waals surface area contributed by atoms with Crippen LogP contribution in [0.5, 0.6) is 5.75 Å². The van der Waals surface area contributed by atoms with Gasteiger partial charge in [0.1, 0.15) is 5.75 Å². The van der Waals surface area contributed by atoms with Gasteiger partial charge < -0.3 is 5.11 Å². The van der Waals surface area contributed by atoms with Crippen LogP contribution in [0.4, 0.5) is 0 Å². The number of phenols is 1. The van der Waals surface area contributed by atoms with Crippen LogP contribution in [-0.2, 0) is 0 Å². The number of fused-ring (bicyclic) bond motifs is 1. The molecule has 0 atom stereocenters. The average Bonchev–Trinajstić information content (AvgIpc) is 3.08. The van der Waals surface area contributed by atoms with Gasteiger partial charge in [-0.25, -0.2) is 9.50 Å². The summed E-state index contributed by atoms with van der Waals surface area (Å²) in [5.74, 6) is -0.473. The summed E-state index contributed by atoms with van der Waals surface area (Å²) in [6.07, 6.45) is 3.08. The van der Waals surface area contributed by atoms with Crippen LogP contribution in [0, 0.1) is 13.8 Å². The van der Waals surface area contributed by atoms with Gasteiger partial charge in [0.15, 0.2) is 11.4 Å². The average molecular weight is 378 g/mol. The van der Waals surface area contributed by atoms with Crippen molar-refractivity contribution in [1.29, 1.82) is 0 Å². The fourth-order valence-electron chi connectivity index (χ4n) is 2.86. The molecule has 2 aromatic heterocycles. The van der Waals surface area contributed by atoms with Crippen molar-refractivity contribution in [3.8, 4) is 17.0 Å². The predicted octanol–water partition coefficient (Wildman–Crippen LogP) is 4.60. The Morgan fingerprint density at radius 3 is 2.59 bits per heavy atom. The summed E-state index contributed by atoms with van der Waals surface area (Å²) in [6, 6.07) is 12.8. The van der Waals surface area contributed by atoms with Gasteiger partial charge in [0.05, 0.1) is 16.8 Å². The Labute approximate surface area is 160 Å². The van der Waals surface area contributed by atoms with Gasteiger partial charge in [-0.2, -0.15) is 5.10 Å². The molecule has 27 heavy (non-hydrogen) atoms. The van der Waals surface area contributed by atoms with Gasteiger partial charge in [0.2, 0.25) is 0 Å². The van der Waals surface area contributed by atoms with Gasteiger partial charge in [0, 0.05) is 29.0 Å². The van der Waals surface area contributed by atoms with E-state index < -0.39 is 0 Å². The normalized spacial score (nSPS) is 11.1. The number of phenolic OH excluding ortho intramolecular Hbond substituents is 1. The molecule has 0 aliphatic heterocycles. The first-order valence-electron chi connectivity index (χ1n) is 8.38. The van der Waals surface area contributed by atoms with Crippen molar-refractivity contribution in [2.75, 3.05) is 0 Å². The maximum atomic E-state index is 12.8. The van der Waals surface area contributed by atoms with E-state index >= 15 is 0 Å². The Morgan fingerprint density at radius 1 is 1.11 bits per heavy atom. The summed E-state index contributed by atoms with van der Waals surface area (Å²) in [7, 11) is 0. The summed E-state index contributed by atoms with van der Waals surface area (Å²) in [5.41, 5.74) is 4.71. The van der Waals surface area contributed by atoms with Crippen LogP contribution in [0.3, 0.4) is 0 Å². The molecule has 4 rings (SSSR count). The van der Waals surface area contributed by atoms with Crippen LogP contribution in [0.25, 0.3) is 16.9 Å². The van der Waals surface area contributed by atoms with E-state index in [9.17, 15) is 9.90 Å². The maximum Gasteiger partial charge on any atom is 0.199 e. The molecule has 0 fully saturated rings. The van der Waals surface area contributed by atoms with E-state index in [0.717, 1.165) is 11.3 Å². The number of hydrogen-bond acceptors (Lipinski definition) is 4. The number of carbonyl (C=O) groups is 1. The quantitative estimate of drug-likeness (QED) is 0.530. The van der Waals surface area contributed by atoms with Crippen molar-refractivity contribution in [2.24, 2.45) is 0 Å². The Kier molecular flexibility index (Phi) is 4.16. The minimum atomic E-state index is -0.365. The number of benzene rings is 2. The highest BCUT2D eigenvalue weighted by molar-refractivity contribution is 6.32. The first-order valence-corrected chi connectivity index (χ1v) is 8.76. The molecule has 0 unspecified atom stereocenters. The summed E-state index contributed by atoms with van der Waals surface area (Å²) in [6.45, 7) is 3.79. The molecule has 4 aromatic rings. The van der Waals surface area contributed by atoms with Crippen molar-refractivity contribution in [2.45, 2.75) is 13.8 Å². The standard InChI is InChI=1S/C21H16ClN3O2/c1-12-3-5-14(6-4-12)18-9-20-23-10-15(11-25(20)24-18)21(27)16-8-17(22)13(2)7-19(16)26/h3-11,26H,1-2H3. The lowest BCUT2D eigenvalue weighted by molar-refractivity contribution is 0.103. The highest BCUT2D eigenvalue weighted by Crippen LogP contribution is 2.28. The zero-order valence-corrected chi connectivity index (χ0v) is 15.5. The third-order valence-electron chi connectivity index (χ3n) is 4.44. The Bertz CT molecular complexity index is 1180. The van der Waals surface area contributed by atoms with E-state index in [-0.39, 0.29) is 17.1 Å². The van der Waals surface area contributed by atoms with Gasteiger partial charge >= 0.3 is 0 Å². The minimum absolute atomic E-state index is 0.109. The van der Waals surface area contributed by atoms with E-state index in [2.05, 4.69) is 10.1 Å². The lowest BCUT2D eigenvalue weighted by Gasteiger charge is -2.07. The molecule has 0 aliphatic rings. The highest BCUT2D eigenvalue weighted by Gasteiger charge is 2.17. The SMILES string of the molecule is Cc1ccc(-c2cc3ncc(C(=O)c4cc(Cl)c(C)cc4O)cn3n2)cc1. The number of nitrogens with zero attached hydrogens (tertiary/aromatic N) is 3. The molecule has 0 spiro atoms. The van der Waals surface area contributed by atoms with E-state index in [1.54, 1.807) is 17.6 Å². The molecule has 1 N–H and O–H groups in total. The number of rotatable bonds is 3. The lowest BCUT2D eigenvalue weighted by Crippen LogP contribution is -2.05. The van der Waals surface area contributed by atoms with Crippen LogP contribution in [-0.4, -0.2) is 25.5 Å². The van der Waals surface area contributed by atoms with Crippen LogP contribution in [0.2, 0.25) is 5.02 Å². The summed E-state index contributed by atoms with van der Waals surface area (Å²) in [5, 5.41) is 15.1. The molecule has 0 saturated carbocycles. The van der Waals surface area contributed by atoms with Gasteiger partial charge in [-0.3, -0.25) is 4.79 Å². The molecule has 6 heteroatoms. The summed E-state index contributed by atoms with van der Waals surface area (Å²) >= 11 is 6.10. The summed E-state index contributed by atoms with van der Waals surface area (Å²) in [4.78, 5) is 17.1. The summed E-state index contributed by atoms with van der Waals surface area (Å²) < 4.78 is 1.56. The van der Waals surface area contributed by atoms with Crippen molar-refractivity contribution in [3.05, 3.63) is 82.1 Å². The van der Waals surface area contributed by atoms with Crippen LogP contribution in [0.15, 0.2) is 54.9 Å². The first-order chi connectivity index (χ1) is 12.9. The number of aromatic nitrogens is 3. The van der Waals surface area contributed by atoms with E-state index in [1.807, 2.05) is 37.3 Å².